The van der Waals surface area contributed by atoms with Crippen molar-refractivity contribution in [2.24, 2.45) is 0 Å². The molecule has 0 saturated carbocycles. The molecule has 0 bridgehead atoms. The van der Waals surface area contributed by atoms with Crippen LogP contribution in [0.1, 0.15) is 10.5 Å². The molecule has 0 aliphatic heterocycles. The van der Waals surface area contributed by atoms with Crippen molar-refractivity contribution in [3.63, 3.8) is 0 Å². The van der Waals surface area contributed by atoms with Gasteiger partial charge in [-0.25, -0.2) is 9.78 Å². The van der Waals surface area contributed by atoms with Crippen LogP contribution in [0.3, 0.4) is 0 Å². The lowest BCUT2D eigenvalue weighted by Crippen LogP contribution is -2.02. The van der Waals surface area contributed by atoms with Gasteiger partial charge in [-0.15, -0.1) is 0 Å². The first-order valence-corrected chi connectivity index (χ1v) is 5.95. The molecule has 1 N–H and O–H groups in total. The van der Waals surface area contributed by atoms with Gasteiger partial charge >= 0.3 is 5.97 Å². The molecule has 0 atom stereocenters. The number of nitrogens with zero attached hydrogens (tertiary/aromatic N) is 2. The van der Waals surface area contributed by atoms with E-state index in [9.17, 15) is 4.79 Å². The summed E-state index contributed by atoms with van der Waals surface area (Å²) in [6.07, 6.45) is 2.97. The highest BCUT2D eigenvalue weighted by molar-refractivity contribution is 5.88. The summed E-state index contributed by atoms with van der Waals surface area (Å²) in [4.78, 5) is 19.1. The van der Waals surface area contributed by atoms with E-state index >= 15 is 0 Å². The Hall–Kier alpha value is -2.95. The molecule has 5 heteroatoms. The fraction of sp³-hybridized carbons (Fsp3) is 0. The van der Waals surface area contributed by atoms with E-state index in [4.69, 9.17) is 9.84 Å². The molecule has 0 fully saturated rings. The molecular formula is C15H10N2O3. The van der Waals surface area contributed by atoms with Crippen molar-refractivity contribution < 1.29 is 14.6 Å². The molecule has 0 saturated heterocycles. The van der Waals surface area contributed by atoms with Gasteiger partial charge in [0.15, 0.2) is 11.4 Å². The predicted octanol–water partition coefficient (Wildman–Crippen LogP) is 3.12. The van der Waals surface area contributed by atoms with E-state index in [0.29, 0.717) is 5.75 Å². The van der Waals surface area contributed by atoms with Crippen LogP contribution in [-0.2, 0) is 0 Å². The highest BCUT2D eigenvalue weighted by Crippen LogP contribution is 2.25. The van der Waals surface area contributed by atoms with Gasteiger partial charge in [0.25, 0.3) is 0 Å². The molecule has 1 aromatic carbocycles. The Bertz CT molecular complexity index is 787. The molecule has 2 heterocycles. The average molecular weight is 266 g/mol. The first-order valence-electron chi connectivity index (χ1n) is 5.95. The van der Waals surface area contributed by atoms with E-state index in [2.05, 4.69) is 9.97 Å². The highest BCUT2D eigenvalue weighted by atomic mass is 16.5. The number of carboxylic acid groups (broad SMARTS) is 1. The lowest BCUT2D eigenvalue weighted by Gasteiger charge is -2.08. The van der Waals surface area contributed by atoms with Crippen molar-refractivity contribution in [3.8, 4) is 11.5 Å². The average Bonchev–Trinajstić information content (AvgIpc) is 2.47. The zero-order valence-corrected chi connectivity index (χ0v) is 10.4. The SMILES string of the molecule is O=C(O)c1ncccc1Oc1cnc2ccccc2c1. The number of carboxylic acids is 1. The van der Waals surface area contributed by atoms with Crippen LogP contribution in [0, 0.1) is 0 Å². The largest absolute Gasteiger partial charge is 0.476 e. The van der Waals surface area contributed by atoms with Gasteiger partial charge < -0.3 is 9.84 Å². The van der Waals surface area contributed by atoms with Crippen molar-refractivity contribution in [1.29, 1.82) is 0 Å². The minimum Gasteiger partial charge on any atom is -0.476 e. The molecule has 0 aliphatic rings. The van der Waals surface area contributed by atoms with E-state index in [0.717, 1.165) is 10.9 Å². The monoisotopic (exact) mass is 266 g/mol. The molecule has 2 aromatic heterocycles. The Kier molecular flexibility index (Phi) is 3.01. The van der Waals surface area contributed by atoms with Gasteiger partial charge in [0.2, 0.25) is 0 Å². The van der Waals surface area contributed by atoms with Crippen LogP contribution >= 0.6 is 0 Å². The summed E-state index contributed by atoms with van der Waals surface area (Å²) in [6, 6.07) is 12.6. The normalized spacial score (nSPS) is 10.4. The van der Waals surface area contributed by atoms with E-state index in [1.54, 1.807) is 24.4 Å². The number of aromatic carboxylic acids is 1. The molecule has 5 nitrogen and oxygen atoms in total. The third kappa shape index (κ3) is 2.29. The fourth-order valence-electron chi connectivity index (χ4n) is 1.87. The maximum atomic E-state index is 11.1. The van der Waals surface area contributed by atoms with Crippen molar-refractivity contribution in [2.45, 2.75) is 0 Å². The third-order valence-corrected chi connectivity index (χ3v) is 2.77. The zero-order valence-electron chi connectivity index (χ0n) is 10.4. The molecule has 0 aliphatic carbocycles. The summed E-state index contributed by atoms with van der Waals surface area (Å²) >= 11 is 0. The summed E-state index contributed by atoms with van der Waals surface area (Å²) in [5.74, 6) is -0.467. The van der Waals surface area contributed by atoms with E-state index < -0.39 is 5.97 Å². The second-order valence-electron chi connectivity index (χ2n) is 4.12. The predicted molar refractivity (Wildman–Crippen MR) is 73.0 cm³/mol. The summed E-state index contributed by atoms with van der Waals surface area (Å²) in [6.45, 7) is 0. The number of benzene rings is 1. The lowest BCUT2D eigenvalue weighted by atomic mass is 10.2. The molecule has 3 aromatic rings. The van der Waals surface area contributed by atoms with Crippen molar-refractivity contribution >= 4 is 16.9 Å². The van der Waals surface area contributed by atoms with Gasteiger partial charge in [0.05, 0.1) is 11.7 Å². The highest BCUT2D eigenvalue weighted by Gasteiger charge is 2.13. The van der Waals surface area contributed by atoms with Crippen LogP contribution in [-0.4, -0.2) is 21.0 Å². The number of fused-ring (bicyclic) bond motifs is 1. The first-order chi connectivity index (χ1) is 9.74. The lowest BCUT2D eigenvalue weighted by molar-refractivity contribution is 0.0687. The zero-order chi connectivity index (χ0) is 13.9. The van der Waals surface area contributed by atoms with E-state index in [1.165, 1.54) is 6.20 Å². The van der Waals surface area contributed by atoms with E-state index in [1.807, 2.05) is 24.3 Å². The number of aromatic nitrogens is 2. The Balaban J connectivity index is 1.99. The minimum atomic E-state index is -1.13. The van der Waals surface area contributed by atoms with Crippen LogP contribution in [0.15, 0.2) is 54.9 Å². The number of ether oxygens (including phenoxy) is 1. The van der Waals surface area contributed by atoms with Crippen molar-refractivity contribution in [2.75, 3.05) is 0 Å². The number of rotatable bonds is 3. The van der Waals surface area contributed by atoms with Crippen molar-refractivity contribution in [1.82, 2.24) is 9.97 Å². The van der Waals surface area contributed by atoms with Crippen LogP contribution in [0.4, 0.5) is 0 Å². The maximum absolute atomic E-state index is 11.1. The maximum Gasteiger partial charge on any atom is 0.358 e. The second-order valence-corrected chi connectivity index (χ2v) is 4.12. The number of pyridine rings is 2. The van der Waals surface area contributed by atoms with Crippen LogP contribution in [0.2, 0.25) is 0 Å². The quantitative estimate of drug-likeness (QED) is 0.788. The Morgan fingerprint density at radius 3 is 2.80 bits per heavy atom. The van der Waals surface area contributed by atoms with E-state index in [-0.39, 0.29) is 11.4 Å². The fourth-order valence-corrected chi connectivity index (χ4v) is 1.87. The number of hydrogen-bond acceptors (Lipinski definition) is 4. The van der Waals surface area contributed by atoms with Crippen LogP contribution < -0.4 is 4.74 Å². The van der Waals surface area contributed by atoms with Gasteiger partial charge in [0, 0.05) is 11.6 Å². The van der Waals surface area contributed by atoms with Gasteiger partial charge in [-0.3, -0.25) is 4.98 Å². The number of para-hydroxylation sites is 1. The molecule has 3 rings (SSSR count). The van der Waals surface area contributed by atoms with Crippen LogP contribution in [0.5, 0.6) is 11.5 Å². The first kappa shape index (κ1) is 12.1. The standard InChI is InChI=1S/C15H10N2O3/c18-15(19)14-13(6-3-7-16-14)20-11-8-10-4-1-2-5-12(10)17-9-11/h1-9H,(H,18,19). The van der Waals surface area contributed by atoms with Crippen molar-refractivity contribution in [3.05, 3.63) is 60.6 Å². The summed E-state index contributed by atoms with van der Waals surface area (Å²) in [7, 11) is 0. The molecule has 0 amide bonds. The number of carbonyl (C=O) groups is 1. The molecule has 0 radical (unpaired) electrons. The summed E-state index contributed by atoms with van der Waals surface area (Å²) < 4.78 is 5.57. The second kappa shape index (κ2) is 4.97. The Labute approximate surface area is 114 Å². The summed E-state index contributed by atoms with van der Waals surface area (Å²) in [5, 5.41) is 9.98. The van der Waals surface area contributed by atoms with Gasteiger partial charge in [-0.1, -0.05) is 18.2 Å². The third-order valence-electron chi connectivity index (χ3n) is 2.77. The number of hydrogen-bond donors (Lipinski definition) is 1. The van der Waals surface area contributed by atoms with Crippen LogP contribution in [0.25, 0.3) is 10.9 Å². The van der Waals surface area contributed by atoms with Gasteiger partial charge in [0.1, 0.15) is 5.75 Å². The smallest absolute Gasteiger partial charge is 0.358 e. The molecular weight excluding hydrogens is 256 g/mol. The molecule has 98 valence electrons. The van der Waals surface area contributed by atoms with Gasteiger partial charge in [-0.2, -0.15) is 0 Å². The molecule has 0 unspecified atom stereocenters. The van der Waals surface area contributed by atoms with Gasteiger partial charge in [-0.05, 0) is 24.3 Å². The topological polar surface area (TPSA) is 72.3 Å². The minimum absolute atomic E-state index is 0.124. The molecule has 20 heavy (non-hydrogen) atoms. The molecule has 0 spiro atoms. The Morgan fingerprint density at radius 1 is 1.10 bits per heavy atom. The Morgan fingerprint density at radius 2 is 1.95 bits per heavy atom. The summed E-state index contributed by atoms with van der Waals surface area (Å²) in [5.41, 5.74) is 0.727.